The fourth-order valence-corrected chi connectivity index (χ4v) is 4.86. The van der Waals surface area contributed by atoms with Crippen molar-refractivity contribution in [3.8, 4) is 0 Å². The van der Waals surface area contributed by atoms with Gasteiger partial charge in [0.05, 0.1) is 17.4 Å². The molecule has 176 valence electrons. The minimum absolute atomic E-state index is 0.150. The van der Waals surface area contributed by atoms with E-state index in [2.05, 4.69) is 27.4 Å². The van der Waals surface area contributed by atoms with E-state index in [-0.39, 0.29) is 29.2 Å². The predicted octanol–water partition coefficient (Wildman–Crippen LogP) is 4.96. The zero-order valence-corrected chi connectivity index (χ0v) is 19.0. The van der Waals surface area contributed by atoms with Gasteiger partial charge >= 0.3 is 11.7 Å². The molecule has 2 aromatic rings. The number of hydrogen-bond acceptors (Lipinski definition) is 8. The van der Waals surface area contributed by atoms with Gasteiger partial charge in [0.1, 0.15) is 6.33 Å². The Hall–Kier alpha value is -3.23. The van der Waals surface area contributed by atoms with Crippen LogP contribution in [-0.2, 0) is 9.53 Å². The average Bonchev–Trinajstić information content (AvgIpc) is 2.85. The summed E-state index contributed by atoms with van der Waals surface area (Å²) in [5.41, 5.74) is 1.93. The van der Waals surface area contributed by atoms with Crippen LogP contribution in [0.2, 0.25) is 0 Å². The van der Waals surface area contributed by atoms with E-state index in [1.165, 1.54) is 44.0 Å². The van der Waals surface area contributed by atoms with E-state index in [0.717, 1.165) is 5.69 Å². The highest BCUT2D eigenvalue weighted by molar-refractivity contribution is 5.76. The zero-order chi connectivity index (χ0) is 23.2. The Kier molecular flexibility index (Phi) is 7.36. The molecular formula is C24H31N5O4. The largest absolute Gasteiger partial charge is 0.466 e. The third-order valence-electron chi connectivity index (χ3n) is 6.65. The molecule has 1 saturated heterocycles. The summed E-state index contributed by atoms with van der Waals surface area (Å²) in [6.07, 6.45) is 8.81. The molecule has 0 bridgehead atoms. The normalized spacial score (nSPS) is 17.5. The lowest BCUT2D eigenvalue weighted by atomic mass is 9.84. The summed E-state index contributed by atoms with van der Waals surface area (Å²) in [6, 6.07) is 8.12. The Labute approximate surface area is 193 Å². The number of benzene rings is 1. The molecule has 1 N–H and O–H groups in total. The van der Waals surface area contributed by atoms with Crippen LogP contribution in [0.15, 0.2) is 30.6 Å². The standard InChI is InChI=1S/C24H31N5O4/c1-2-33-24(30)19-12-14-28(15-13-19)23-21(29(31)32)22(25-16-26-23)27-20-10-8-18(9-11-20)17-6-4-3-5-7-17/h8-11,16-17,19H,2-7,12-15H2,1H3,(H,25,26,27). The summed E-state index contributed by atoms with van der Waals surface area (Å²) in [6.45, 7) is 3.14. The quantitative estimate of drug-likeness (QED) is 0.356. The number of rotatable bonds is 7. The van der Waals surface area contributed by atoms with Crippen molar-refractivity contribution >= 4 is 29.0 Å². The molecule has 2 fully saturated rings. The van der Waals surface area contributed by atoms with Gasteiger partial charge in [-0.2, -0.15) is 0 Å². The molecule has 33 heavy (non-hydrogen) atoms. The van der Waals surface area contributed by atoms with Crippen molar-refractivity contribution in [2.24, 2.45) is 5.92 Å². The second-order valence-corrected chi connectivity index (χ2v) is 8.75. The van der Waals surface area contributed by atoms with Crippen LogP contribution in [0.5, 0.6) is 0 Å². The number of esters is 1. The van der Waals surface area contributed by atoms with Crippen LogP contribution in [0.3, 0.4) is 0 Å². The molecule has 0 unspecified atom stereocenters. The van der Waals surface area contributed by atoms with E-state index in [0.29, 0.717) is 38.5 Å². The maximum atomic E-state index is 12.0. The molecule has 1 saturated carbocycles. The van der Waals surface area contributed by atoms with Crippen LogP contribution in [-0.4, -0.2) is 40.6 Å². The molecule has 1 aliphatic carbocycles. The van der Waals surface area contributed by atoms with Crippen LogP contribution >= 0.6 is 0 Å². The van der Waals surface area contributed by atoms with Crippen LogP contribution in [0, 0.1) is 16.0 Å². The molecule has 4 rings (SSSR count). The Bertz CT molecular complexity index is 967. The van der Waals surface area contributed by atoms with Crippen molar-refractivity contribution in [2.75, 3.05) is 29.9 Å². The number of hydrogen-bond donors (Lipinski definition) is 1. The third-order valence-corrected chi connectivity index (χ3v) is 6.65. The van der Waals surface area contributed by atoms with Crippen molar-refractivity contribution in [1.82, 2.24) is 9.97 Å². The van der Waals surface area contributed by atoms with E-state index in [1.807, 2.05) is 17.0 Å². The lowest BCUT2D eigenvalue weighted by Gasteiger charge is -2.31. The number of nitro groups is 1. The Morgan fingerprint density at radius 1 is 1.12 bits per heavy atom. The zero-order valence-electron chi connectivity index (χ0n) is 19.0. The second-order valence-electron chi connectivity index (χ2n) is 8.75. The van der Waals surface area contributed by atoms with Gasteiger partial charge in [-0.1, -0.05) is 31.4 Å². The predicted molar refractivity (Wildman–Crippen MR) is 126 cm³/mol. The van der Waals surface area contributed by atoms with Gasteiger partial charge in [0.2, 0.25) is 11.6 Å². The first-order valence-electron chi connectivity index (χ1n) is 11.8. The van der Waals surface area contributed by atoms with Crippen molar-refractivity contribution in [3.05, 3.63) is 46.3 Å². The van der Waals surface area contributed by atoms with Gasteiger partial charge in [-0.3, -0.25) is 14.9 Å². The Morgan fingerprint density at radius 2 is 1.82 bits per heavy atom. The fraction of sp³-hybridized carbons (Fsp3) is 0.542. The molecule has 2 heterocycles. The van der Waals surface area contributed by atoms with E-state index in [4.69, 9.17) is 4.74 Å². The van der Waals surface area contributed by atoms with E-state index >= 15 is 0 Å². The van der Waals surface area contributed by atoms with E-state index < -0.39 is 4.92 Å². The molecule has 9 nitrogen and oxygen atoms in total. The van der Waals surface area contributed by atoms with Gasteiger partial charge in [0.25, 0.3) is 0 Å². The van der Waals surface area contributed by atoms with Crippen molar-refractivity contribution < 1.29 is 14.5 Å². The fourth-order valence-electron chi connectivity index (χ4n) is 4.86. The summed E-state index contributed by atoms with van der Waals surface area (Å²) >= 11 is 0. The number of nitrogens with zero attached hydrogens (tertiary/aromatic N) is 4. The lowest BCUT2D eigenvalue weighted by Crippen LogP contribution is -2.37. The summed E-state index contributed by atoms with van der Waals surface area (Å²) in [4.78, 5) is 33.8. The molecule has 1 aliphatic heterocycles. The van der Waals surface area contributed by atoms with Crippen LogP contribution < -0.4 is 10.2 Å². The highest BCUT2D eigenvalue weighted by Gasteiger charge is 2.32. The van der Waals surface area contributed by atoms with Crippen molar-refractivity contribution in [3.63, 3.8) is 0 Å². The number of aromatic nitrogens is 2. The maximum Gasteiger partial charge on any atom is 0.353 e. The first-order chi connectivity index (χ1) is 16.1. The molecule has 2 aliphatic rings. The SMILES string of the molecule is CCOC(=O)C1CCN(c2ncnc(Nc3ccc(C4CCCCC4)cc3)c2[N+](=O)[O-])CC1. The third kappa shape index (κ3) is 5.40. The minimum Gasteiger partial charge on any atom is -0.466 e. The van der Waals surface area contributed by atoms with E-state index in [1.54, 1.807) is 6.92 Å². The summed E-state index contributed by atoms with van der Waals surface area (Å²) in [5, 5.41) is 15.1. The van der Waals surface area contributed by atoms with Gasteiger partial charge in [-0.25, -0.2) is 9.97 Å². The number of carbonyl (C=O) groups excluding carboxylic acids is 1. The number of anilines is 3. The number of piperidine rings is 1. The highest BCUT2D eigenvalue weighted by Crippen LogP contribution is 2.37. The number of ether oxygens (including phenoxy) is 1. The molecule has 1 aromatic heterocycles. The van der Waals surface area contributed by atoms with Gasteiger partial charge in [-0.05, 0) is 56.2 Å². The van der Waals surface area contributed by atoms with Crippen LogP contribution in [0.1, 0.15) is 63.4 Å². The molecule has 1 aromatic carbocycles. The monoisotopic (exact) mass is 453 g/mol. The molecule has 9 heteroatoms. The Balaban J connectivity index is 1.49. The summed E-state index contributed by atoms with van der Waals surface area (Å²) < 4.78 is 5.12. The minimum atomic E-state index is -0.439. The van der Waals surface area contributed by atoms with Gasteiger partial charge in [-0.15, -0.1) is 0 Å². The maximum absolute atomic E-state index is 12.0. The number of carbonyl (C=O) groups is 1. The molecular weight excluding hydrogens is 422 g/mol. The molecule has 0 atom stereocenters. The first kappa shape index (κ1) is 22.9. The molecule has 0 radical (unpaired) electrons. The lowest BCUT2D eigenvalue weighted by molar-refractivity contribution is -0.383. The van der Waals surface area contributed by atoms with E-state index in [9.17, 15) is 14.9 Å². The highest BCUT2D eigenvalue weighted by atomic mass is 16.6. The van der Waals surface area contributed by atoms with Crippen LogP contribution in [0.25, 0.3) is 0 Å². The van der Waals surface area contributed by atoms with Gasteiger partial charge in [0, 0.05) is 18.8 Å². The van der Waals surface area contributed by atoms with Gasteiger partial charge < -0.3 is 15.0 Å². The molecule has 0 amide bonds. The smallest absolute Gasteiger partial charge is 0.353 e. The second kappa shape index (κ2) is 10.6. The first-order valence-corrected chi connectivity index (χ1v) is 11.8. The average molecular weight is 454 g/mol. The van der Waals surface area contributed by atoms with Crippen LogP contribution in [0.4, 0.5) is 23.0 Å². The van der Waals surface area contributed by atoms with Crippen molar-refractivity contribution in [2.45, 2.75) is 57.8 Å². The summed E-state index contributed by atoms with van der Waals surface area (Å²) in [7, 11) is 0. The van der Waals surface area contributed by atoms with Gasteiger partial charge in [0.15, 0.2) is 0 Å². The Morgan fingerprint density at radius 3 is 2.45 bits per heavy atom. The number of nitrogens with one attached hydrogen (secondary N) is 1. The summed E-state index contributed by atoms with van der Waals surface area (Å²) in [5.74, 6) is 0.669. The van der Waals surface area contributed by atoms with Crippen molar-refractivity contribution in [1.29, 1.82) is 0 Å². The topological polar surface area (TPSA) is 110 Å². The molecule has 0 spiro atoms.